The monoisotopic (exact) mass is 478 g/mol. The first-order valence-electron chi connectivity index (χ1n) is 11.1. The molecule has 1 N–H and O–H groups in total. The molecule has 5 rings (SSSR count). The van der Waals surface area contributed by atoms with Crippen LogP contribution in [0.1, 0.15) is 24.8 Å². The van der Waals surface area contributed by atoms with Gasteiger partial charge in [-0.1, -0.05) is 48.5 Å². The maximum absolute atomic E-state index is 15.5. The molecule has 2 unspecified atom stereocenters. The van der Waals surface area contributed by atoms with E-state index in [-0.39, 0.29) is 17.2 Å². The zero-order chi connectivity index (χ0) is 23.2. The third-order valence-electron chi connectivity index (χ3n) is 6.54. The SMILES string of the molecule is O=C(C1CCO1)N1CC(F)(F)[C@H](N[S+]([O-])C2CC2)[C@@H]1Cc1cccc(-c2ccccc2)c1F. The summed E-state index contributed by atoms with van der Waals surface area (Å²) in [6.45, 7) is -0.400. The van der Waals surface area contributed by atoms with Crippen molar-refractivity contribution in [2.75, 3.05) is 13.2 Å². The highest BCUT2D eigenvalue weighted by atomic mass is 32.2. The van der Waals surface area contributed by atoms with Crippen LogP contribution in [-0.4, -0.2) is 57.9 Å². The van der Waals surface area contributed by atoms with Crippen LogP contribution in [0.15, 0.2) is 48.5 Å². The molecule has 33 heavy (non-hydrogen) atoms. The predicted octanol–water partition coefficient (Wildman–Crippen LogP) is 3.45. The van der Waals surface area contributed by atoms with Crippen molar-refractivity contribution < 1.29 is 27.3 Å². The lowest BCUT2D eigenvalue weighted by Gasteiger charge is -2.34. The van der Waals surface area contributed by atoms with E-state index in [4.69, 9.17) is 4.74 Å². The number of nitrogens with one attached hydrogen (secondary N) is 1. The summed E-state index contributed by atoms with van der Waals surface area (Å²) < 4.78 is 66.1. The minimum atomic E-state index is -3.30. The smallest absolute Gasteiger partial charge is 0.286 e. The average molecular weight is 479 g/mol. The standard InChI is InChI=1S/C24H25F3N2O3S/c25-21-16(7-4-8-18(21)15-5-2-1-3-6-15)13-19-22(28-33(31)17-9-10-17)24(26,27)14-29(19)23(30)20-11-12-32-20/h1-8,17,19-20,22,28H,9-14H2/t19-,20?,22+,33?/m0/s1. The molecule has 9 heteroatoms. The van der Waals surface area contributed by atoms with Crippen molar-refractivity contribution in [3.8, 4) is 11.1 Å². The van der Waals surface area contributed by atoms with E-state index in [1.165, 1.54) is 0 Å². The van der Waals surface area contributed by atoms with Gasteiger partial charge in [-0.3, -0.25) is 4.79 Å². The van der Waals surface area contributed by atoms with Crippen molar-refractivity contribution in [1.29, 1.82) is 0 Å². The zero-order valence-corrected chi connectivity index (χ0v) is 18.7. The molecule has 3 fully saturated rings. The summed E-state index contributed by atoms with van der Waals surface area (Å²) in [6, 6.07) is 11.3. The van der Waals surface area contributed by atoms with E-state index in [0.29, 0.717) is 24.2 Å². The molecule has 2 saturated heterocycles. The van der Waals surface area contributed by atoms with Crippen molar-refractivity contribution >= 4 is 17.3 Å². The van der Waals surface area contributed by atoms with Gasteiger partial charge in [0.25, 0.3) is 11.8 Å². The summed E-state index contributed by atoms with van der Waals surface area (Å²) in [6.07, 6.45) is 1.03. The molecule has 4 atom stereocenters. The third-order valence-corrected chi connectivity index (χ3v) is 8.10. The lowest BCUT2D eigenvalue weighted by atomic mass is 9.95. The van der Waals surface area contributed by atoms with Gasteiger partial charge in [0.2, 0.25) is 0 Å². The van der Waals surface area contributed by atoms with Crippen LogP contribution in [0.3, 0.4) is 0 Å². The summed E-state index contributed by atoms with van der Waals surface area (Å²) in [4.78, 5) is 14.0. The molecule has 2 aromatic rings. The molecule has 2 heterocycles. The second kappa shape index (κ2) is 8.94. The van der Waals surface area contributed by atoms with Gasteiger partial charge in [-0.25, -0.2) is 13.2 Å². The first kappa shape index (κ1) is 22.7. The molecule has 1 aliphatic carbocycles. The molecule has 3 aliphatic rings. The van der Waals surface area contributed by atoms with Crippen LogP contribution in [0.4, 0.5) is 13.2 Å². The fraction of sp³-hybridized carbons (Fsp3) is 0.458. The van der Waals surface area contributed by atoms with Crippen LogP contribution in [0, 0.1) is 5.82 Å². The molecule has 2 aliphatic heterocycles. The number of hydrogen-bond acceptors (Lipinski definition) is 4. The predicted molar refractivity (Wildman–Crippen MR) is 118 cm³/mol. The Balaban J connectivity index is 1.47. The number of ether oxygens (including phenoxy) is 1. The Hall–Kier alpha value is -2.07. The molecule has 1 saturated carbocycles. The summed E-state index contributed by atoms with van der Waals surface area (Å²) >= 11 is -1.63. The van der Waals surface area contributed by atoms with Crippen molar-refractivity contribution in [2.24, 2.45) is 0 Å². The minimum absolute atomic E-state index is 0.125. The first-order chi connectivity index (χ1) is 15.8. The maximum Gasteiger partial charge on any atom is 0.286 e. The van der Waals surface area contributed by atoms with Gasteiger partial charge in [0, 0.05) is 36.2 Å². The molecule has 1 amide bonds. The quantitative estimate of drug-likeness (QED) is 0.620. The lowest BCUT2D eigenvalue weighted by Crippen LogP contribution is -2.54. The molecular weight excluding hydrogens is 453 g/mol. The normalized spacial score (nSPS) is 27.3. The molecule has 5 nitrogen and oxygen atoms in total. The second-order valence-electron chi connectivity index (χ2n) is 8.88. The van der Waals surface area contributed by atoms with Crippen LogP contribution in [0.2, 0.25) is 0 Å². The van der Waals surface area contributed by atoms with E-state index in [2.05, 4.69) is 4.72 Å². The number of carbonyl (C=O) groups excluding carboxylic acids is 1. The number of benzene rings is 2. The van der Waals surface area contributed by atoms with E-state index in [9.17, 15) is 9.35 Å². The van der Waals surface area contributed by atoms with E-state index >= 15 is 13.2 Å². The molecule has 0 bridgehead atoms. The van der Waals surface area contributed by atoms with Crippen LogP contribution in [0.5, 0.6) is 0 Å². The number of carbonyl (C=O) groups is 1. The van der Waals surface area contributed by atoms with Crippen molar-refractivity contribution in [3.05, 3.63) is 59.9 Å². The molecule has 0 radical (unpaired) electrons. The largest absolute Gasteiger partial charge is 0.598 e. The number of nitrogens with zero attached hydrogens (tertiary/aromatic N) is 1. The van der Waals surface area contributed by atoms with E-state index in [1.54, 1.807) is 42.5 Å². The van der Waals surface area contributed by atoms with Gasteiger partial charge in [0.1, 0.15) is 23.2 Å². The Morgan fingerprint density at radius 3 is 2.52 bits per heavy atom. The Bertz CT molecular complexity index is 1020. The van der Waals surface area contributed by atoms with Crippen molar-refractivity contribution in [2.45, 2.75) is 55.0 Å². The van der Waals surface area contributed by atoms with Crippen molar-refractivity contribution in [1.82, 2.24) is 9.62 Å². The molecule has 176 valence electrons. The summed E-state index contributed by atoms with van der Waals surface area (Å²) in [7, 11) is 0. The van der Waals surface area contributed by atoms with Gasteiger partial charge in [-0.05, 0) is 17.5 Å². The van der Waals surface area contributed by atoms with Gasteiger partial charge in [0.15, 0.2) is 0 Å². The molecule has 0 aromatic heterocycles. The van der Waals surface area contributed by atoms with Crippen LogP contribution in [-0.2, 0) is 27.3 Å². The highest BCUT2D eigenvalue weighted by Gasteiger charge is 2.59. The van der Waals surface area contributed by atoms with Gasteiger partial charge in [-0.2, -0.15) is 0 Å². The third kappa shape index (κ3) is 4.51. The van der Waals surface area contributed by atoms with E-state index in [1.807, 2.05) is 6.07 Å². The Morgan fingerprint density at radius 1 is 1.15 bits per heavy atom. The number of hydrogen-bond donors (Lipinski definition) is 1. The molecule has 2 aromatic carbocycles. The molecule has 0 spiro atoms. The Labute approximate surface area is 193 Å². The topological polar surface area (TPSA) is 64.6 Å². The van der Waals surface area contributed by atoms with Crippen molar-refractivity contribution in [3.63, 3.8) is 0 Å². The Morgan fingerprint density at radius 2 is 1.88 bits per heavy atom. The highest BCUT2D eigenvalue weighted by molar-refractivity contribution is 7.90. The summed E-state index contributed by atoms with van der Waals surface area (Å²) in [5.41, 5.74) is 1.27. The fourth-order valence-corrected chi connectivity index (χ4v) is 5.80. The molecular formula is C24H25F3N2O3S. The highest BCUT2D eigenvalue weighted by Crippen LogP contribution is 2.38. The van der Waals surface area contributed by atoms with Crippen LogP contribution >= 0.6 is 0 Å². The summed E-state index contributed by atoms with van der Waals surface area (Å²) in [5.74, 6) is -4.33. The minimum Gasteiger partial charge on any atom is -0.598 e. The summed E-state index contributed by atoms with van der Waals surface area (Å²) in [5, 5.41) is -0.153. The number of likely N-dealkylation sites (tertiary alicyclic amines) is 1. The maximum atomic E-state index is 15.5. The first-order valence-corrected chi connectivity index (χ1v) is 12.4. The number of rotatable bonds is 7. The fourth-order valence-electron chi connectivity index (χ4n) is 4.46. The Kier molecular flexibility index (Phi) is 6.15. The zero-order valence-electron chi connectivity index (χ0n) is 17.9. The number of alkyl halides is 2. The van der Waals surface area contributed by atoms with E-state index < -0.39 is 53.7 Å². The van der Waals surface area contributed by atoms with Gasteiger partial charge >= 0.3 is 0 Å². The van der Waals surface area contributed by atoms with E-state index in [0.717, 1.165) is 17.7 Å². The lowest BCUT2D eigenvalue weighted by molar-refractivity contribution is -0.158. The second-order valence-corrected chi connectivity index (χ2v) is 10.4. The van der Waals surface area contributed by atoms with Gasteiger partial charge in [-0.15, -0.1) is 4.72 Å². The van der Waals surface area contributed by atoms with Crippen LogP contribution in [0.25, 0.3) is 11.1 Å². The number of amides is 1. The van der Waals surface area contributed by atoms with Gasteiger partial charge in [0.05, 0.1) is 19.2 Å². The number of halogens is 3. The average Bonchev–Trinajstić information content (AvgIpc) is 3.57. The van der Waals surface area contributed by atoms with Gasteiger partial charge < -0.3 is 14.2 Å². The van der Waals surface area contributed by atoms with Crippen LogP contribution < -0.4 is 4.72 Å².